The van der Waals surface area contributed by atoms with Gasteiger partial charge in [0.25, 0.3) is 0 Å². The van der Waals surface area contributed by atoms with Crippen LogP contribution in [0, 0.1) is 11.3 Å². The highest BCUT2D eigenvalue weighted by Gasteiger charge is 2.25. The highest BCUT2D eigenvalue weighted by atomic mass is 35.5. The number of alkyl halides is 1. The van der Waals surface area contributed by atoms with Crippen molar-refractivity contribution in [3.63, 3.8) is 0 Å². The molecular formula is C12H11ClN2O. The highest BCUT2D eigenvalue weighted by Crippen LogP contribution is 2.27. The van der Waals surface area contributed by atoms with Crippen molar-refractivity contribution in [1.82, 2.24) is 0 Å². The van der Waals surface area contributed by atoms with Gasteiger partial charge >= 0.3 is 0 Å². The van der Waals surface area contributed by atoms with Gasteiger partial charge < -0.3 is 4.90 Å². The monoisotopic (exact) mass is 234 g/mol. The number of hydrogen-bond acceptors (Lipinski definition) is 2. The van der Waals surface area contributed by atoms with Crippen molar-refractivity contribution in [2.24, 2.45) is 0 Å². The van der Waals surface area contributed by atoms with Crippen LogP contribution in [0.5, 0.6) is 0 Å². The molecule has 82 valence electrons. The standard InChI is InChI=1S/C12H11ClN2O/c13-10(7-14)8-15-11-4-2-1-3-9(11)5-6-12(15)16/h1-4,10H,5-6,8H2. The number of anilines is 1. The fourth-order valence-corrected chi connectivity index (χ4v) is 2.04. The molecular weight excluding hydrogens is 224 g/mol. The average Bonchev–Trinajstić information content (AvgIpc) is 2.32. The van der Waals surface area contributed by atoms with Crippen LogP contribution in [0.4, 0.5) is 5.69 Å². The van der Waals surface area contributed by atoms with Gasteiger partial charge in [0.05, 0.1) is 12.6 Å². The van der Waals surface area contributed by atoms with Gasteiger partial charge in [0.15, 0.2) is 0 Å². The molecule has 0 aliphatic carbocycles. The maximum absolute atomic E-state index is 11.8. The molecule has 1 aromatic carbocycles. The maximum atomic E-state index is 11.8. The second-order valence-corrected chi connectivity index (χ2v) is 4.26. The SMILES string of the molecule is N#CC(Cl)CN1C(=O)CCc2ccccc21. The molecule has 0 radical (unpaired) electrons. The molecule has 3 nitrogen and oxygen atoms in total. The first kappa shape index (κ1) is 11.0. The van der Waals surface area contributed by atoms with Gasteiger partial charge in [-0.15, -0.1) is 11.6 Å². The lowest BCUT2D eigenvalue weighted by molar-refractivity contribution is -0.118. The second kappa shape index (κ2) is 4.54. The van der Waals surface area contributed by atoms with E-state index in [1.807, 2.05) is 30.3 Å². The van der Waals surface area contributed by atoms with Gasteiger partial charge in [-0.1, -0.05) is 18.2 Å². The van der Waals surface area contributed by atoms with E-state index in [2.05, 4.69) is 0 Å². The summed E-state index contributed by atoms with van der Waals surface area (Å²) < 4.78 is 0. The molecule has 0 N–H and O–H groups in total. The third-order valence-electron chi connectivity index (χ3n) is 2.67. The molecule has 0 bridgehead atoms. The highest BCUT2D eigenvalue weighted by molar-refractivity contribution is 6.23. The van der Waals surface area contributed by atoms with Gasteiger partial charge in [0.2, 0.25) is 5.91 Å². The van der Waals surface area contributed by atoms with Gasteiger partial charge in [-0.2, -0.15) is 5.26 Å². The Morgan fingerprint density at radius 1 is 1.44 bits per heavy atom. The number of aryl methyl sites for hydroxylation is 1. The molecule has 1 heterocycles. The minimum Gasteiger partial charge on any atom is -0.310 e. The number of rotatable bonds is 2. The molecule has 4 heteroatoms. The van der Waals surface area contributed by atoms with E-state index in [1.54, 1.807) is 4.90 Å². The zero-order chi connectivity index (χ0) is 11.5. The summed E-state index contributed by atoms with van der Waals surface area (Å²) in [5.74, 6) is 0.0413. The Hall–Kier alpha value is -1.53. The van der Waals surface area contributed by atoms with Crippen LogP contribution in [0.15, 0.2) is 24.3 Å². The number of nitrogens with zero attached hydrogens (tertiary/aromatic N) is 2. The van der Waals surface area contributed by atoms with Gasteiger partial charge in [-0.25, -0.2) is 0 Å². The van der Waals surface area contributed by atoms with Crippen LogP contribution in [0.3, 0.4) is 0 Å². The second-order valence-electron chi connectivity index (χ2n) is 3.73. The molecule has 0 spiro atoms. The Balaban J connectivity index is 2.30. The van der Waals surface area contributed by atoms with Crippen LogP contribution in [0.25, 0.3) is 0 Å². The van der Waals surface area contributed by atoms with Crippen molar-refractivity contribution in [3.05, 3.63) is 29.8 Å². The topological polar surface area (TPSA) is 44.1 Å². The molecule has 0 aromatic heterocycles. The fourth-order valence-electron chi connectivity index (χ4n) is 1.90. The predicted molar refractivity (Wildman–Crippen MR) is 62.4 cm³/mol. The number of nitriles is 1. The number of benzene rings is 1. The Morgan fingerprint density at radius 3 is 2.94 bits per heavy atom. The molecule has 0 saturated heterocycles. The van der Waals surface area contributed by atoms with E-state index in [9.17, 15) is 4.79 Å². The fraction of sp³-hybridized carbons (Fsp3) is 0.333. The number of para-hydroxylation sites is 1. The largest absolute Gasteiger partial charge is 0.310 e. The molecule has 1 aromatic rings. The van der Waals surface area contributed by atoms with Crippen molar-refractivity contribution in [1.29, 1.82) is 5.26 Å². The molecule has 0 fully saturated rings. The summed E-state index contributed by atoms with van der Waals surface area (Å²) in [6.07, 6.45) is 1.26. The van der Waals surface area contributed by atoms with Crippen molar-refractivity contribution in [3.8, 4) is 6.07 Å². The smallest absolute Gasteiger partial charge is 0.227 e. The number of carbonyl (C=O) groups is 1. The van der Waals surface area contributed by atoms with E-state index in [0.717, 1.165) is 17.7 Å². The minimum atomic E-state index is -0.657. The summed E-state index contributed by atoms with van der Waals surface area (Å²) in [5, 5.41) is 8.02. The first-order valence-electron chi connectivity index (χ1n) is 5.14. The van der Waals surface area contributed by atoms with Crippen LogP contribution >= 0.6 is 11.6 Å². The normalized spacial score (nSPS) is 16.5. The van der Waals surface area contributed by atoms with Gasteiger partial charge in [-0.05, 0) is 18.1 Å². The van der Waals surface area contributed by atoms with E-state index in [-0.39, 0.29) is 12.5 Å². The van der Waals surface area contributed by atoms with Crippen LogP contribution in [0.2, 0.25) is 0 Å². The minimum absolute atomic E-state index is 0.0413. The van der Waals surface area contributed by atoms with Gasteiger partial charge in [-0.3, -0.25) is 4.79 Å². The molecule has 1 unspecified atom stereocenters. The zero-order valence-corrected chi connectivity index (χ0v) is 9.44. The first-order valence-corrected chi connectivity index (χ1v) is 5.58. The van der Waals surface area contributed by atoms with Crippen molar-refractivity contribution in [2.45, 2.75) is 18.2 Å². The number of carbonyl (C=O) groups excluding carboxylic acids is 1. The van der Waals surface area contributed by atoms with Crippen molar-refractivity contribution >= 4 is 23.2 Å². The van der Waals surface area contributed by atoms with E-state index in [4.69, 9.17) is 16.9 Å². The van der Waals surface area contributed by atoms with Gasteiger partial charge in [0.1, 0.15) is 5.38 Å². The Morgan fingerprint density at radius 2 is 2.19 bits per heavy atom. The molecule has 16 heavy (non-hydrogen) atoms. The predicted octanol–water partition coefficient (Wildman–Crippen LogP) is 2.10. The van der Waals surface area contributed by atoms with Crippen LogP contribution in [-0.4, -0.2) is 17.8 Å². The summed E-state index contributed by atoms with van der Waals surface area (Å²) in [4.78, 5) is 13.4. The van der Waals surface area contributed by atoms with Crippen molar-refractivity contribution in [2.75, 3.05) is 11.4 Å². The molecule has 1 aliphatic heterocycles. The van der Waals surface area contributed by atoms with E-state index in [1.165, 1.54) is 0 Å². The summed E-state index contributed by atoms with van der Waals surface area (Å²) in [6, 6.07) is 9.68. The molecule has 1 aliphatic rings. The lowest BCUT2D eigenvalue weighted by Crippen LogP contribution is -2.38. The quantitative estimate of drug-likeness (QED) is 0.736. The molecule has 2 rings (SSSR count). The number of halogens is 1. The summed E-state index contributed by atoms with van der Waals surface area (Å²) >= 11 is 5.78. The Bertz CT molecular complexity index is 453. The molecule has 1 atom stereocenters. The van der Waals surface area contributed by atoms with Crippen molar-refractivity contribution < 1.29 is 4.79 Å². The number of hydrogen-bond donors (Lipinski definition) is 0. The van der Waals surface area contributed by atoms with Crippen LogP contribution in [0.1, 0.15) is 12.0 Å². The Kier molecular flexibility index (Phi) is 3.12. The summed E-state index contributed by atoms with van der Waals surface area (Å²) in [5.41, 5.74) is 2.03. The Labute approximate surface area is 99.2 Å². The van der Waals surface area contributed by atoms with E-state index >= 15 is 0 Å². The maximum Gasteiger partial charge on any atom is 0.227 e. The average molecular weight is 235 g/mol. The zero-order valence-electron chi connectivity index (χ0n) is 8.69. The van der Waals surface area contributed by atoms with Gasteiger partial charge in [0, 0.05) is 12.1 Å². The lowest BCUT2D eigenvalue weighted by Gasteiger charge is -2.29. The molecule has 0 saturated carbocycles. The van der Waals surface area contributed by atoms with E-state index in [0.29, 0.717) is 6.42 Å². The van der Waals surface area contributed by atoms with Crippen LogP contribution in [-0.2, 0) is 11.2 Å². The number of fused-ring (bicyclic) bond motifs is 1. The first-order chi connectivity index (χ1) is 7.72. The third-order valence-corrected chi connectivity index (χ3v) is 2.91. The lowest BCUT2D eigenvalue weighted by atomic mass is 10.0. The van der Waals surface area contributed by atoms with E-state index < -0.39 is 5.38 Å². The summed E-state index contributed by atoms with van der Waals surface area (Å²) in [7, 11) is 0. The third kappa shape index (κ3) is 2.02. The molecule has 1 amide bonds. The van der Waals surface area contributed by atoms with Crippen LogP contribution < -0.4 is 4.90 Å². The number of amides is 1. The summed E-state index contributed by atoms with van der Waals surface area (Å²) in [6.45, 7) is 0.258.